The maximum absolute atomic E-state index is 11.5. The molecule has 0 radical (unpaired) electrons. The van der Waals surface area contributed by atoms with Crippen LogP contribution in [0.4, 0.5) is 0 Å². The van der Waals surface area contributed by atoms with E-state index in [0.717, 1.165) is 6.42 Å². The summed E-state index contributed by atoms with van der Waals surface area (Å²) >= 11 is 0. The Kier molecular flexibility index (Phi) is 7.80. The summed E-state index contributed by atoms with van der Waals surface area (Å²) in [6, 6.07) is 0. The van der Waals surface area contributed by atoms with Gasteiger partial charge in [0, 0.05) is 23.1 Å². The maximum Gasteiger partial charge on any atom is 0.309 e. The fourth-order valence-corrected chi connectivity index (χ4v) is 2.27. The minimum absolute atomic E-state index is 0.0542. The summed E-state index contributed by atoms with van der Waals surface area (Å²) < 4.78 is 16.0. The van der Waals surface area contributed by atoms with E-state index in [4.69, 9.17) is 0 Å². The Balaban J connectivity index is 3.90. The molecule has 0 heterocycles. The molecule has 16 heavy (non-hydrogen) atoms. The number of carbonyl (C=O) groups is 2. The lowest BCUT2D eigenvalue weighted by Gasteiger charge is -2.08. The molecular formula is C10H19NO4S. The first-order valence-corrected chi connectivity index (χ1v) is 6.69. The van der Waals surface area contributed by atoms with Gasteiger partial charge >= 0.3 is 5.97 Å². The highest BCUT2D eigenvalue weighted by molar-refractivity contribution is 7.85. The molecule has 94 valence electrons. The van der Waals surface area contributed by atoms with Crippen LogP contribution in [-0.4, -0.2) is 41.2 Å². The molecule has 0 saturated heterocycles. The lowest BCUT2D eigenvalue weighted by molar-refractivity contribution is -0.144. The molecule has 2 unspecified atom stereocenters. The van der Waals surface area contributed by atoms with Crippen molar-refractivity contribution in [3.8, 4) is 0 Å². The van der Waals surface area contributed by atoms with Crippen molar-refractivity contribution < 1.29 is 18.5 Å². The molecule has 0 aromatic heterocycles. The van der Waals surface area contributed by atoms with Crippen molar-refractivity contribution in [2.24, 2.45) is 5.92 Å². The summed E-state index contributed by atoms with van der Waals surface area (Å²) in [7, 11) is -0.0313. The monoisotopic (exact) mass is 249 g/mol. The van der Waals surface area contributed by atoms with E-state index in [1.54, 1.807) is 6.92 Å². The van der Waals surface area contributed by atoms with E-state index < -0.39 is 22.7 Å². The molecule has 0 aliphatic rings. The van der Waals surface area contributed by atoms with E-state index in [2.05, 4.69) is 10.1 Å². The first-order valence-electron chi connectivity index (χ1n) is 5.20. The van der Waals surface area contributed by atoms with Gasteiger partial charge in [-0.25, -0.2) is 0 Å². The second-order valence-corrected chi connectivity index (χ2v) is 5.03. The third-order valence-electron chi connectivity index (χ3n) is 1.90. The zero-order valence-electron chi connectivity index (χ0n) is 9.95. The Morgan fingerprint density at radius 1 is 1.44 bits per heavy atom. The summed E-state index contributed by atoms with van der Waals surface area (Å²) in [6.45, 7) is 4.16. The van der Waals surface area contributed by atoms with Gasteiger partial charge in [0.1, 0.15) is 5.75 Å². The molecule has 1 N–H and O–H groups in total. The number of ether oxygens (including phenoxy) is 1. The maximum atomic E-state index is 11.5. The molecule has 0 rings (SSSR count). The second kappa shape index (κ2) is 8.27. The van der Waals surface area contributed by atoms with Crippen molar-refractivity contribution in [3.05, 3.63) is 0 Å². The Bertz CT molecular complexity index is 268. The van der Waals surface area contributed by atoms with E-state index >= 15 is 0 Å². The molecule has 6 heteroatoms. The molecule has 2 atom stereocenters. The molecule has 0 aliphatic heterocycles. The van der Waals surface area contributed by atoms with Gasteiger partial charge in [0.15, 0.2) is 0 Å². The molecule has 5 nitrogen and oxygen atoms in total. The molecule has 1 amide bonds. The van der Waals surface area contributed by atoms with Gasteiger partial charge in [-0.2, -0.15) is 0 Å². The predicted molar refractivity (Wildman–Crippen MR) is 62.4 cm³/mol. The number of nitrogens with one attached hydrogen (secondary N) is 1. The molecule has 0 spiro atoms. The van der Waals surface area contributed by atoms with Crippen LogP contribution >= 0.6 is 0 Å². The topological polar surface area (TPSA) is 72.5 Å². The number of hydrogen-bond acceptors (Lipinski definition) is 4. The Hall–Kier alpha value is -0.910. The van der Waals surface area contributed by atoms with E-state index in [-0.39, 0.29) is 17.4 Å². The average Bonchev–Trinajstić information content (AvgIpc) is 2.24. The van der Waals surface area contributed by atoms with Crippen LogP contribution < -0.4 is 5.32 Å². The number of rotatable bonds is 7. The van der Waals surface area contributed by atoms with Crippen molar-refractivity contribution in [1.29, 1.82) is 0 Å². The summed E-state index contributed by atoms with van der Waals surface area (Å²) in [5.41, 5.74) is 0. The lowest BCUT2D eigenvalue weighted by atomic mass is 10.2. The van der Waals surface area contributed by atoms with Gasteiger partial charge in [-0.05, 0) is 6.42 Å². The summed E-state index contributed by atoms with van der Waals surface area (Å²) in [4.78, 5) is 22.3. The SMILES string of the molecule is CCCNC(=O)CS(=O)CC(C)C(=O)OC. The van der Waals surface area contributed by atoms with Crippen LogP contribution in [0.5, 0.6) is 0 Å². The van der Waals surface area contributed by atoms with Gasteiger partial charge in [-0.15, -0.1) is 0 Å². The van der Waals surface area contributed by atoms with Gasteiger partial charge < -0.3 is 10.1 Å². The van der Waals surface area contributed by atoms with Gasteiger partial charge in [-0.1, -0.05) is 13.8 Å². The smallest absolute Gasteiger partial charge is 0.309 e. The van der Waals surface area contributed by atoms with Gasteiger partial charge in [-0.3, -0.25) is 13.8 Å². The van der Waals surface area contributed by atoms with Crippen molar-refractivity contribution in [2.45, 2.75) is 20.3 Å². The number of esters is 1. The molecule has 0 aromatic carbocycles. The normalized spacial score (nSPS) is 13.9. The molecular weight excluding hydrogens is 230 g/mol. The number of amides is 1. The third-order valence-corrected chi connectivity index (χ3v) is 3.36. The van der Waals surface area contributed by atoms with E-state index in [1.165, 1.54) is 7.11 Å². The predicted octanol–water partition coefficient (Wildman–Crippen LogP) is 0.0704. The first kappa shape index (κ1) is 15.1. The highest BCUT2D eigenvalue weighted by Crippen LogP contribution is 2.00. The summed E-state index contributed by atoms with van der Waals surface area (Å²) in [5, 5.41) is 2.63. The molecule has 0 fully saturated rings. The average molecular weight is 249 g/mol. The Morgan fingerprint density at radius 2 is 2.06 bits per heavy atom. The number of hydrogen-bond donors (Lipinski definition) is 1. The van der Waals surface area contributed by atoms with Crippen LogP contribution in [0.3, 0.4) is 0 Å². The largest absolute Gasteiger partial charge is 0.469 e. The fraction of sp³-hybridized carbons (Fsp3) is 0.800. The molecule has 0 aromatic rings. The summed E-state index contributed by atoms with van der Waals surface area (Å²) in [5.74, 6) is -0.975. The van der Waals surface area contributed by atoms with E-state index in [0.29, 0.717) is 6.54 Å². The molecule has 0 aliphatic carbocycles. The Labute approximate surface area is 98.4 Å². The highest BCUT2D eigenvalue weighted by Gasteiger charge is 2.17. The lowest BCUT2D eigenvalue weighted by Crippen LogP contribution is -2.31. The molecule has 0 bridgehead atoms. The minimum atomic E-state index is -1.32. The first-order chi connectivity index (χ1) is 7.51. The fourth-order valence-electron chi connectivity index (χ4n) is 1.07. The zero-order valence-corrected chi connectivity index (χ0v) is 10.8. The van der Waals surface area contributed by atoms with Crippen molar-refractivity contribution in [1.82, 2.24) is 5.32 Å². The van der Waals surface area contributed by atoms with Crippen LogP contribution in [0.2, 0.25) is 0 Å². The van der Waals surface area contributed by atoms with Gasteiger partial charge in [0.2, 0.25) is 5.91 Å². The van der Waals surface area contributed by atoms with E-state index in [9.17, 15) is 13.8 Å². The van der Waals surface area contributed by atoms with E-state index in [1.807, 2.05) is 6.92 Å². The number of methoxy groups -OCH3 is 1. The standard InChI is InChI=1S/C10H19NO4S/c1-4-5-11-9(12)7-16(14)6-8(2)10(13)15-3/h8H,4-7H2,1-3H3,(H,11,12). The van der Waals surface area contributed by atoms with Crippen molar-refractivity contribution >= 4 is 22.7 Å². The Morgan fingerprint density at radius 3 is 2.56 bits per heavy atom. The van der Waals surface area contributed by atoms with Crippen LogP contribution in [0.1, 0.15) is 20.3 Å². The second-order valence-electron chi connectivity index (χ2n) is 3.52. The number of carbonyl (C=O) groups excluding carboxylic acids is 2. The van der Waals surface area contributed by atoms with Gasteiger partial charge in [0.05, 0.1) is 13.0 Å². The zero-order chi connectivity index (χ0) is 12.6. The van der Waals surface area contributed by atoms with Crippen LogP contribution in [0.15, 0.2) is 0 Å². The molecule has 0 saturated carbocycles. The van der Waals surface area contributed by atoms with Crippen molar-refractivity contribution in [3.63, 3.8) is 0 Å². The van der Waals surface area contributed by atoms with Crippen LogP contribution in [-0.2, 0) is 25.1 Å². The van der Waals surface area contributed by atoms with Crippen LogP contribution in [0.25, 0.3) is 0 Å². The summed E-state index contributed by atoms with van der Waals surface area (Å²) in [6.07, 6.45) is 0.844. The highest BCUT2D eigenvalue weighted by atomic mass is 32.2. The quantitative estimate of drug-likeness (QED) is 0.648. The third kappa shape index (κ3) is 6.55. The van der Waals surface area contributed by atoms with Crippen LogP contribution in [0, 0.1) is 5.92 Å². The van der Waals surface area contributed by atoms with Gasteiger partial charge in [0.25, 0.3) is 0 Å². The van der Waals surface area contributed by atoms with Crippen molar-refractivity contribution in [2.75, 3.05) is 25.2 Å². The minimum Gasteiger partial charge on any atom is -0.469 e.